The number of amides is 2. The molecular weight excluding hydrogens is 310 g/mol. The highest BCUT2D eigenvalue weighted by molar-refractivity contribution is 5.74. The lowest BCUT2D eigenvalue weighted by atomic mass is 10.1. The first-order valence-electron chi connectivity index (χ1n) is 10.3. The van der Waals surface area contributed by atoms with Crippen LogP contribution in [-0.2, 0) is 6.42 Å². The van der Waals surface area contributed by atoms with Crippen molar-refractivity contribution in [2.75, 3.05) is 19.6 Å². The van der Waals surface area contributed by atoms with Crippen molar-refractivity contribution in [1.29, 1.82) is 0 Å². The molecular formula is C21H39N3O. The summed E-state index contributed by atoms with van der Waals surface area (Å²) in [5, 5.41) is 3.12. The van der Waals surface area contributed by atoms with Crippen LogP contribution < -0.4 is 5.32 Å². The van der Waals surface area contributed by atoms with Gasteiger partial charge in [-0.25, -0.2) is 4.79 Å². The summed E-state index contributed by atoms with van der Waals surface area (Å²) in [6, 6.07) is 2.28. The van der Waals surface area contributed by atoms with E-state index in [1.54, 1.807) is 0 Å². The van der Waals surface area contributed by atoms with Gasteiger partial charge in [0.25, 0.3) is 0 Å². The molecule has 1 aromatic rings. The van der Waals surface area contributed by atoms with E-state index in [1.807, 2.05) is 4.90 Å². The van der Waals surface area contributed by atoms with Crippen molar-refractivity contribution in [3.05, 3.63) is 23.0 Å². The second-order valence-corrected chi connectivity index (χ2v) is 7.19. The lowest BCUT2D eigenvalue weighted by Crippen LogP contribution is -2.41. The quantitative estimate of drug-likeness (QED) is 0.464. The van der Waals surface area contributed by atoms with E-state index < -0.39 is 0 Å². The molecule has 4 nitrogen and oxygen atoms in total. The number of aromatic nitrogens is 1. The number of hydrogen-bond acceptors (Lipinski definition) is 1. The van der Waals surface area contributed by atoms with E-state index in [0.29, 0.717) is 6.54 Å². The van der Waals surface area contributed by atoms with Crippen molar-refractivity contribution in [3.8, 4) is 0 Å². The van der Waals surface area contributed by atoms with Gasteiger partial charge in [0.2, 0.25) is 0 Å². The Hall–Kier alpha value is -1.45. The molecule has 0 saturated carbocycles. The fraction of sp³-hybridized carbons (Fsp3) is 0.762. The van der Waals surface area contributed by atoms with Gasteiger partial charge in [-0.05, 0) is 44.7 Å². The minimum absolute atomic E-state index is 0.109. The van der Waals surface area contributed by atoms with Gasteiger partial charge in [-0.3, -0.25) is 0 Å². The molecule has 0 unspecified atom stereocenters. The van der Waals surface area contributed by atoms with Gasteiger partial charge in [-0.1, -0.05) is 52.4 Å². The van der Waals surface area contributed by atoms with Crippen LogP contribution in [0.15, 0.2) is 6.07 Å². The smallest absolute Gasteiger partial charge is 0.317 e. The van der Waals surface area contributed by atoms with E-state index >= 15 is 0 Å². The van der Waals surface area contributed by atoms with E-state index in [0.717, 1.165) is 32.4 Å². The van der Waals surface area contributed by atoms with Crippen LogP contribution in [0, 0.1) is 13.8 Å². The normalized spacial score (nSPS) is 10.9. The van der Waals surface area contributed by atoms with Crippen LogP contribution in [0.1, 0.15) is 82.2 Å². The van der Waals surface area contributed by atoms with E-state index in [4.69, 9.17) is 0 Å². The Labute approximate surface area is 154 Å². The van der Waals surface area contributed by atoms with Gasteiger partial charge in [0.1, 0.15) is 0 Å². The Balaban J connectivity index is 2.39. The molecule has 1 aromatic heterocycles. The van der Waals surface area contributed by atoms with Crippen LogP contribution in [0.3, 0.4) is 0 Å². The van der Waals surface area contributed by atoms with Crippen LogP contribution >= 0.6 is 0 Å². The maximum absolute atomic E-state index is 12.6. The Kier molecular flexibility index (Phi) is 11.1. The molecule has 0 radical (unpaired) electrons. The Morgan fingerprint density at radius 2 is 1.60 bits per heavy atom. The minimum atomic E-state index is 0.109. The number of carbonyl (C=O) groups excluding carboxylic acids is 1. The van der Waals surface area contributed by atoms with Gasteiger partial charge in [0, 0.05) is 31.0 Å². The van der Waals surface area contributed by atoms with Gasteiger partial charge >= 0.3 is 6.03 Å². The molecule has 4 heteroatoms. The summed E-state index contributed by atoms with van der Waals surface area (Å²) >= 11 is 0. The van der Waals surface area contributed by atoms with E-state index in [2.05, 4.69) is 44.1 Å². The maximum atomic E-state index is 12.6. The zero-order valence-corrected chi connectivity index (χ0v) is 16.9. The number of nitrogens with zero attached hydrogens (tertiary/aromatic N) is 1. The molecule has 144 valence electrons. The van der Waals surface area contributed by atoms with Gasteiger partial charge in [-0.2, -0.15) is 0 Å². The number of aromatic amines is 1. The highest BCUT2D eigenvalue weighted by Gasteiger charge is 2.12. The lowest BCUT2D eigenvalue weighted by molar-refractivity contribution is 0.195. The largest absolute Gasteiger partial charge is 0.362 e. The predicted molar refractivity (Wildman–Crippen MR) is 107 cm³/mol. The standard InChI is InChI=1S/C21H39N3O/c1-5-7-9-11-15-24(16-12-10-8-6-2)21(25)22-14-13-20-17-18(3)23-19(20)4/h17,23H,5-16H2,1-4H3,(H,22,25). The van der Waals surface area contributed by atoms with Gasteiger partial charge in [0.15, 0.2) is 0 Å². The van der Waals surface area contributed by atoms with E-state index in [-0.39, 0.29) is 6.03 Å². The Morgan fingerprint density at radius 3 is 2.08 bits per heavy atom. The molecule has 2 amide bonds. The molecule has 1 rings (SSSR count). The molecule has 0 atom stereocenters. The number of aryl methyl sites for hydroxylation is 2. The van der Waals surface area contributed by atoms with Crippen molar-refractivity contribution < 1.29 is 4.79 Å². The third-order valence-corrected chi connectivity index (χ3v) is 4.78. The van der Waals surface area contributed by atoms with Crippen LogP contribution in [0.2, 0.25) is 0 Å². The number of rotatable bonds is 13. The first-order chi connectivity index (χ1) is 12.1. The summed E-state index contributed by atoms with van der Waals surface area (Å²) in [5.41, 5.74) is 3.70. The Bertz CT molecular complexity index is 469. The molecule has 1 heterocycles. The van der Waals surface area contributed by atoms with Crippen molar-refractivity contribution >= 4 is 6.03 Å². The number of unbranched alkanes of at least 4 members (excludes halogenated alkanes) is 6. The van der Waals surface area contributed by atoms with Crippen LogP contribution in [0.25, 0.3) is 0 Å². The summed E-state index contributed by atoms with van der Waals surface area (Å²) in [6.07, 6.45) is 10.6. The van der Waals surface area contributed by atoms with Crippen molar-refractivity contribution in [2.45, 2.75) is 85.5 Å². The van der Waals surface area contributed by atoms with Crippen LogP contribution in [0.4, 0.5) is 4.79 Å². The summed E-state index contributed by atoms with van der Waals surface area (Å²) in [7, 11) is 0. The topological polar surface area (TPSA) is 48.1 Å². The predicted octanol–water partition coefficient (Wildman–Crippen LogP) is 5.35. The first-order valence-corrected chi connectivity index (χ1v) is 10.3. The number of nitrogens with one attached hydrogen (secondary N) is 2. The molecule has 0 aliphatic rings. The lowest BCUT2D eigenvalue weighted by Gasteiger charge is -2.23. The summed E-state index contributed by atoms with van der Waals surface area (Å²) in [4.78, 5) is 17.9. The molecule has 0 spiro atoms. The third-order valence-electron chi connectivity index (χ3n) is 4.78. The molecule has 2 N–H and O–H groups in total. The number of urea groups is 1. The van der Waals surface area contributed by atoms with Gasteiger partial charge < -0.3 is 15.2 Å². The summed E-state index contributed by atoms with van der Waals surface area (Å²) < 4.78 is 0. The van der Waals surface area contributed by atoms with Gasteiger partial charge in [0.05, 0.1) is 0 Å². The second-order valence-electron chi connectivity index (χ2n) is 7.19. The highest BCUT2D eigenvalue weighted by atomic mass is 16.2. The monoisotopic (exact) mass is 349 g/mol. The third kappa shape index (κ3) is 8.99. The molecule has 0 aliphatic carbocycles. The fourth-order valence-corrected chi connectivity index (χ4v) is 3.23. The van der Waals surface area contributed by atoms with Crippen LogP contribution in [-0.4, -0.2) is 35.5 Å². The average Bonchev–Trinajstić information content (AvgIpc) is 2.90. The first kappa shape index (κ1) is 21.6. The molecule has 0 aromatic carbocycles. The maximum Gasteiger partial charge on any atom is 0.317 e. The van der Waals surface area contributed by atoms with E-state index in [9.17, 15) is 4.79 Å². The Morgan fingerprint density at radius 1 is 1.00 bits per heavy atom. The van der Waals surface area contributed by atoms with E-state index in [1.165, 1.54) is 55.5 Å². The molecule has 0 aliphatic heterocycles. The number of hydrogen-bond donors (Lipinski definition) is 2. The van der Waals surface area contributed by atoms with Crippen LogP contribution in [0.5, 0.6) is 0 Å². The summed E-state index contributed by atoms with van der Waals surface area (Å²) in [6.45, 7) is 11.1. The zero-order chi connectivity index (χ0) is 18.5. The zero-order valence-electron chi connectivity index (χ0n) is 16.9. The molecule has 0 bridgehead atoms. The SMILES string of the molecule is CCCCCCN(CCCCCC)C(=O)NCCc1cc(C)[nH]c1C. The highest BCUT2D eigenvalue weighted by Crippen LogP contribution is 2.10. The second kappa shape index (κ2) is 12.8. The van der Waals surface area contributed by atoms with Crippen molar-refractivity contribution in [1.82, 2.24) is 15.2 Å². The van der Waals surface area contributed by atoms with Crippen molar-refractivity contribution in [2.24, 2.45) is 0 Å². The average molecular weight is 350 g/mol. The molecule has 0 saturated heterocycles. The summed E-state index contributed by atoms with van der Waals surface area (Å²) in [5.74, 6) is 0. The molecule has 25 heavy (non-hydrogen) atoms. The minimum Gasteiger partial charge on any atom is -0.362 e. The van der Waals surface area contributed by atoms with Gasteiger partial charge in [-0.15, -0.1) is 0 Å². The molecule has 0 fully saturated rings. The number of carbonyl (C=O) groups is 1. The fourth-order valence-electron chi connectivity index (χ4n) is 3.23. The number of H-pyrrole nitrogens is 1. The van der Waals surface area contributed by atoms with Crippen molar-refractivity contribution in [3.63, 3.8) is 0 Å².